The number of rotatable bonds is 7. The van der Waals surface area contributed by atoms with Gasteiger partial charge >= 0.3 is 0 Å². The van der Waals surface area contributed by atoms with Crippen LogP contribution in [0.25, 0.3) is 0 Å². The molecular formula is C21H24N2O3. The number of hydrogen-bond donors (Lipinski definition) is 1. The summed E-state index contributed by atoms with van der Waals surface area (Å²) in [6.45, 7) is 4.62. The van der Waals surface area contributed by atoms with Crippen LogP contribution in [0.5, 0.6) is 5.75 Å². The Morgan fingerprint density at radius 2 is 1.88 bits per heavy atom. The van der Waals surface area contributed by atoms with Gasteiger partial charge in [-0.3, -0.25) is 9.59 Å². The molecule has 2 aromatic rings. The van der Waals surface area contributed by atoms with E-state index in [-0.39, 0.29) is 11.8 Å². The number of para-hydroxylation sites is 2. The van der Waals surface area contributed by atoms with Crippen LogP contribution in [-0.4, -0.2) is 18.4 Å². The van der Waals surface area contributed by atoms with Gasteiger partial charge in [0.2, 0.25) is 5.91 Å². The number of ether oxygens (including phenoxy) is 1. The van der Waals surface area contributed by atoms with E-state index in [1.54, 1.807) is 4.90 Å². The summed E-state index contributed by atoms with van der Waals surface area (Å²) in [5, 5.41) is 2.76. The van der Waals surface area contributed by atoms with Crippen LogP contribution in [0.2, 0.25) is 0 Å². The van der Waals surface area contributed by atoms with Crippen molar-refractivity contribution in [2.75, 3.05) is 11.5 Å². The second kappa shape index (κ2) is 8.04. The lowest BCUT2D eigenvalue weighted by atomic mass is 10.1. The molecule has 5 nitrogen and oxygen atoms in total. The number of unbranched alkanes of at least 4 members (excludes halogenated alkanes) is 1. The van der Waals surface area contributed by atoms with Crippen molar-refractivity contribution in [3.63, 3.8) is 0 Å². The molecule has 2 amide bonds. The van der Waals surface area contributed by atoms with Crippen molar-refractivity contribution in [2.45, 2.75) is 39.3 Å². The molecule has 2 aromatic carbocycles. The van der Waals surface area contributed by atoms with Crippen LogP contribution in [0, 0.1) is 0 Å². The third-order valence-electron chi connectivity index (χ3n) is 4.46. The highest BCUT2D eigenvalue weighted by molar-refractivity contribution is 6.06. The van der Waals surface area contributed by atoms with Crippen LogP contribution in [0.3, 0.4) is 0 Å². The lowest BCUT2D eigenvalue weighted by molar-refractivity contribution is -0.126. The normalized spacial score (nSPS) is 15.7. The number of carbonyl (C=O) groups is 2. The Bertz CT molecular complexity index is 803. The fourth-order valence-electron chi connectivity index (χ4n) is 3.16. The number of nitrogens with one attached hydrogen (secondary N) is 1. The molecule has 0 spiro atoms. The highest BCUT2D eigenvalue weighted by Gasteiger charge is 2.37. The molecule has 1 N–H and O–H groups in total. The van der Waals surface area contributed by atoms with Gasteiger partial charge in [0.1, 0.15) is 11.8 Å². The largest absolute Gasteiger partial charge is 0.493 e. The summed E-state index contributed by atoms with van der Waals surface area (Å²) < 4.78 is 5.89. The zero-order valence-electron chi connectivity index (χ0n) is 15.2. The van der Waals surface area contributed by atoms with E-state index in [1.165, 1.54) is 6.92 Å². The van der Waals surface area contributed by atoms with Gasteiger partial charge in [-0.15, -0.1) is 0 Å². The Kier molecular flexibility index (Phi) is 5.56. The lowest BCUT2D eigenvalue weighted by Gasteiger charge is -2.20. The highest BCUT2D eigenvalue weighted by Crippen LogP contribution is 2.37. The third kappa shape index (κ3) is 3.72. The van der Waals surface area contributed by atoms with Gasteiger partial charge in [0.05, 0.1) is 13.2 Å². The maximum absolute atomic E-state index is 12.9. The zero-order valence-corrected chi connectivity index (χ0v) is 15.2. The molecule has 1 heterocycles. The van der Waals surface area contributed by atoms with Crippen LogP contribution in [0.1, 0.15) is 43.9 Å². The summed E-state index contributed by atoms with van der Waals surface area (Å²) in [6.07, 6.45) is 2.06. The summed E-state index contributed by atoms with van der Waals surface area (Å²) in [7, 11) is 0. The van der Waals surface area contributed by atoms with Gasteiger partial charge in [-0.1, -0.05) is 49.7 Å². The van der Waals surface area contributed by atoms with Crippen LogP contribution in [0.4, 0.5) is 5.69 Å². The number of carbonyl (C=O) groups excluding carboxylic acids is 2. The van der Waals surface area contributed by atoms with Crippen molar-refractivity contribution in [3.8, 4) is 5.75 Å². The van der Waals surface area contributed by atoms with Crippen LogP contribution in [0.15, 0.2) is 48.5 Å². The number of anilines is 1. The van der Waals surface area contributed by atoms with Crippen LogP contribution >= 0.6 is 0 Å². The number of amides is 2. The monoisotopic (exact) mass is 352 g/mol. The summed E-state index contributed by atoms with van der Waals surface area (Å²) in [6, 6.07) is 14.7. The topological polar surface area (TPSA) is 58.6 Å². The Balaban J connectivity index is 1.86. The van der Waals surface area contributed by atoms with Crippen molar-refractivity contribution < 1.29 is 14.3 Å². The molecular weight excluding hydrogens is 328 g/mol. The third-order valence-corrected chi connectivity index (χ3v) is 4.46. The SMILES string of the molecule is CCCCOc1ccccc1CN1C(=O)[C@@H](NC(C)=O)c2ccccc21. The minimum absolute atomic E-state index is 0.121. The van der Waals surface area contributed by atoms with E-state index in [4.69, 9.17) is 4.74 Å². The first-order valence-electron chi connectivity index (χ1n) is 9.00. The lowest BCUT2D eigenvalue weighted by Crippen LogP contribution is -2.36. The van der Waals surface area contributed by atoms with Crippen LogP contribution in [-0.2, 0) is 16.1 Å². The van der Waals surface area contributed by atoms with Gasteiger partial charge in [0.15, 0.2) is 0 Å². The van der Waals surface area contributed by atoms with E-state index in [1.807, 2.05) is 48.5 Å². The summed E-state index contributed by atoms with van der Waals surface area (Å²) >= 11 is 0. The molecule has 1 atom stereocenters. The number of nitrogens with zero attached hydrogens (tertiary/aromatic N) is 1. The molecule has 1 aliphatic rings. The standard InChI is InChI=1S/C21H24N2O3/c1-3-4-13-26-19-12-8-5-9-16(19)14-23-18-11-7-6-10-17(18)20(21(23)25)22-15(2)24/h5-12,20H,3-4,13-14H2,1-2H3,(H,22,24)/t20-/m0/s1. The van der Waals surface area contributed by atoms with Crippen molar-refractivity contribution in [1.82, 2.24) is 5.32 Å². The maximum Gasteiger partial charge on any atom is 0.254 e. The maximum atomic E-state index is 12.9. The molecule has 5 heteroatoms. The Hall–Kier alpha value is -2.82. The Morgan fingerprint density at radius 3 is 2.65 bits per heavy atom. The molecule has 136 valence electrons. The quantitative estimate of drug-likeness (QED) is 0.775. The first-order chi connectivity index (χ1) is 12.6. The molecule has 0 bridgehead atoms. The molecule has 0 radical (unpaired) electrons. The fourth-order valence-corrected chi connectivity index (χ4v) is 3.16. The minimum atomic E-state index is -0.628. The molecule has 0 unspecified atom stereocenters. The molecule has 0 saturated heterocycles. The predicted molar refractivity (Wildman–Crippen MR) is 101 cm³/mol. The molecule has 0 saturated carbocycles. The fraction of sp³-hybridized carbons (Fsp3) is 0.333. The number of benzene rings is 2. The van der Waals surface area contributed by atoms with E-state index >= 15 is 0 Å². The van der Waals surface area contributed by atoms with Crippen molar-refractivity contribution >= 4 is 17.5 Å². The summed E-state index contributed by atoms with van der Waals surface area (Å²) in [5.74, 6) is 0.460. The predicted octanol–water partition coefficient (Wildman–Crippen LogP) is 3.59. The van der Waals surface area contributed by atoms with Crippen LogP contribution < -0.4 is 15.0 Å². The van der Waals surface area contributed by atoms with E-state index in [2.05, 4.69) is 12.2 Å². The van der Waals surface area contributed by atoms with Crippen molar-refractivity contribution in [1.29, 1.82) is 0 Å². The van der Waals surface area contributed by atoms with Crippen molar-refractivity contribution in [3.05, 3.63) is 59.7 Å². The van der Waals surface area contributed by atoms with Crippen molar-refractivity contribution in [2.24, 2.45) is 0 Å². The van der Waals surface area contributed by atoms with Gasteiger partial charge in [-0.05, 0) is 18.6 Å². The smallest absolute Gasteiger partial charge is 0.254 e. The zero-order chi connectivity index (χ0) is 18.5. The van der Waals surface area contributed by atoms with E-state index < -0.39 is 6.04 Å². The molecule has 3 rings (SSSR count). The van der Waals surface area contributed by atoms with Gasteiger partial charge in [0, 0.05) is 23.7 Å². The summed E-state index contributed by atoms with van der Waals surface area (Å²) in [5.41, 5.74) is 2.62. The van der Waals surface area contributed by atoms with E-state index in [0.717, 1.165) is 35.4 Å². The molecule has 0 fully saturated rings. The minimum Gasteiger partial charge on any atom is -0.493 e. The molecule has 0 aliphatic carbocycles. The van der Waals surface area contributed by atoms with E-state index in [9.17, 15) is 9.59 Å². The van der Waals surface area contributed by atoms with E-state index in [0.29, 0.717) is 13.2 Å². The number of hydrogen-bond acceptors (Lipinski definition) is 3. The molecule has 0 aromatic heterocycles. The first kappa shape index (κ1) is 18.0. The first-order valence-corrected chi connectivity index (χ1v) is 9.00. The molecule has 26 heavy (non-hydrogen) atoms. The van der Waals surface area contributed by atoms with Gasteiger partial charge in [-0.25, -0.2) is 0 Å². The second-order valence-electron chi connectivity index (χ2n) is 6.43. The average Bonchev–Trinajstić information content (AvgIpc) is 2.89. The molecule has 1 aliphatic heterocycles. The Labute approximate surface area is 154 Å². The summed E-state index contributed by atoms with van der Waals surface area (Å²) in [4.78, 5) is 26.2. The number of fused-ring (bicyclic) bond motifs is 1. The second-order valence-corrected chi connectivity index (χ2v) is 6.43. The Morgan fingerprint density at radius 1 is 1.15 bits per heavy atom. The van der Waals surface area contributed by atoms with Gasteiger partial charge in [0.25, 0.3) is 5.91 Å². The highest BCUT2D eigenvalue weighted by atomic mass is 16.5. The average molecular weight is 352 g/mol. The van der Waals surface area contributed by atoms with Gasteiger partial charge < -0.3 is 15.0 Å². The van der Waals surface area contributed by atoms with Gasteiger partial charge in [-0.2, -0.15) is 0 Å².